The first-order valence-electron chi connectivity index (χ1n) is 15.0. The van der Waals surface area contributed by atoms with Gasteiger partial charge < -0.3 is 36.0 Å². The third kappa shape index (κ3) is 11.1. The summed E-state index contributed by atoms with van der Waals surface area (Å²) in [7, 11) is 0. The van der Waals surface area contributed by atoms with Gasteiger partial charge in [0.2, 0.25) is 0 Å². The van der Waals surface area contributed by atoms with Crippen molar-refractivity contribution in [2.75, 3.05) is 52.5 Å². The standard InChI is InChI=1S/C31H51N5O6/c1-22-12-24(16-33-28(39)20-37)30(41)26(14-22)18-35-8-3-6-32-7-4-9-36(11-5-10-35)19-27-15-23(2)13-25(31(27)42)17-34-29(40)21-38/h12-15,28-29,32-34,37-42H,3-11,16-21H2,1-2H3. The second kappa shape index (κ2) is 17.7. The molecular weight excluding hydrogens is 538 g/mol. The maximum absolute atomic E-state index is 11.0. The van der Waals surface area contributed by atoms with Gasteiger partial charge in [-0.1, -0.05) is 35.4 Å². The number of rotatable bonds is 12. The summed E-state index contributed by atoms with van der Waals surface area (Å²) in [6, 6.07) is 7.80. The van der Waals surface area contributed by atoms with Crippen LogP contribution in [0.3, 0.4) is 0 Å². The first kappa shape index (κ1) is 34.2. The van der Waals surface area contributed by atoms with E-state index in [1.54, 1.807) is 0 Å². The number of phenols is 2. The molecule has 3 rings (SSSR count). The van der Waals surface area contributed by atoms with Gasteiger partial charge in [0.05, 0.1) is 13.2 Å². The van der Waals surface area contributed by atoms with Crippen LogP contribution in [-0.2, 0) is 26.2 Å². The molecule has 2 unspecified atom stereocenters. The molecule has 0 saturated carbocycles. The van der Waals surface area contributed by atoms with E-state index in [1.807, 2.05) is 38.1 Å². The molecule has 1 fully saturated rings. The molecule has 0 amide bonds. The molecule has 11 heteroatoms. The van der Waals surface area contributed by atoms with Crippen molar-refractivity contribution in [1.82, 2.24) is 25.8 Å². The summed E-state index contributed by atoms with van der Waals surface area (Å²) in [6.45, 7) is 10.3. The highest BCUT2D eigenvalue weighted by Gasteiger charge is 2.17. The van der Waals surface area contributed by atoms with E-state index >= 15 is 0 Å². The Hall–Kier alpha value is -2.32. The number of hydrogen-bond acceptors (Lipinski definition) is 11. The molecule has 0 aliphatic carbocycles. The zero-order chi connectivity index (χ0) is 30.5. The van der Waals surface area contributed by atoms with E-state index in [4.69, 9.17) is 10.2 Å². The van der Waals surface area contributed by atoms with E-state index in [9.17, 15) is 20.4 Å². The molecule has 9 N–H and O–H groups in total. The van der Waals surface area contributed by atoms with Gasteiger partial charge in [-0.3, -0.25) is 20.4 Å². The molecule has 1 heterocycles. The highest BCUT2D eigenvalue weighted by molar-refractivity contribution is 5.44. The number of nitrogens with zero attached hydrogens (tertiary/aromatic N) is 2. The average Bonchev–Trinajstić information content (AvgIpc) is 2.96. The quantitative estimate of drug-likeness (QED) is 0.159. The van der Waals surface area contributed by atoms with Gasteiger partial charge in [-0.25, -0.2) is 0 Å². The Morgan fingerprint density at radius 1 is 0.667 bits per heavy atom. The smallest absolute Gasteiger partial charge is 0.128 e. The zero-order valence-electron chi connectivity index (χ0n) is 25.1. The third-order valence-corrected chi connectivity index (χ3v) is 7.62. The van der Waals surface area contributed by atoms with Crippen LogP contribution in [-0.4, -0.2) is 105 Å². The van der Waals surface area contributed by atoms with Crippen LogP contribution in [0.2, 0.25) is 0 Å². The van der Waals surface area contributed by atoms with Crippen molar-refractivity contribution in [2.45, 2.75) is 71.7 Å². The maximum atomic E-state index is 11.0. The van der Waals surface area contributed by atoms with Crippen LogP contribution < -0.4 is 16.0 Å². The van der Waals surface area contributed by atoms with Gasteiger partial charge >= 0.3 is 0 Å². The lowest BCUT2D eigenvalue weighted by molar-refractivity contribution is 0.0663. The molecule has 42 heavy (non-hydrogen) atoms. The van der Waals surface area contributed by atoms with Crippen molar-refractivity contribution in [2.24, 2.45) is 0 Å². The number of aliphatic hydroxyl groups excluding tert-OH is 4. The van der Waals surface area contributed by atoms with Crippen molar-refractivity contribution < 1.29 is 30.6 Å². The van der Waals surface area contributed by atoms with Crippen LogP contribution in [0.1, 0.15) is 52.6 Å². The second-order valence-corrected chi connectivity index (χ2v) is 11.4. The Kier molecular flexibility index (Phi) is 14.4. The summed E-state index contributed by atoms with van der Waals surface area (Å²) >= 11 is 0. The first-order chi connectivity index (χ1) is 20.2. The molecule has 2 atom stereocenters. The molecule has 1 aliphatic heterocycles. The van der Waals surface area contributed by atoms with E-state index in [2.05, 4.69) is 25.8 Å². The van der Waals surface area contributed by atoms with Gasteiger partial charge in [-0.15, -0.1) is 0 Å². The fourth-order valence-electron chi connectivity index (χ4n) is 5.48. The van der Waals surface area contributed by atoms with Gasteiger partial charge in [0.25, 0.3) is 0 Å². The molecule has 236 valence electrons. The van der Waals surface area contributed by atoms with Crippen LogP contribution in [0.25, 0.3) is 0 Å². The fourth-order valence-corrected chi connectivity index (χ4v) is 5.48. The van der Waals surface area contributed by atoms with Crippen LogP contribution in [0.5, 0.6) is 11.5 Å². The second-order valence-electron chi connectivity index (χ2n) is 11.4. The van der Waals surface area contributed by atoms with Crippen LogP contribution in [0.15, 0.2) is 24.3 Å². The number of aliphatic hydroxyl groups is 4. The van der Waals surface area contributed by atoms with Crippen molar-refractivity contribution in [1.29, 1.82) is 0 Å². The van der Waals surface area contributed by atoms with Gasteiger partial charge in [0.1, 0.15) is 24.0 Å². The Labute approximate surface area is 249 Å². The third-order valence-electron chi connectivity index (χ3n) is 7.62. The van der Waals surface area contributed by atoms with Crippen molar-refractivity contribution in [3.05, 3.63) is 57.6 Å². The highest BCUT2D eigenvalue weighted by atomic mass is 16.3. The lowest BCUT2D eigenvalue weighted by Gasteiger charge is -2.28. The van der Waals surface area contributed by atoms with Crippen LogP contribution in [0.4, 0.5) is 0 Å². The summed E-state index contributed by atoms with van der Waals surface area (Å²) in [6.07, 6.45) is 0.866. The minimum Gasteiger partial charge on any atom is -0.507 e. The molecular formula is C31H51N5O6. The molecule has 2 aromatic carbocycles. The summed E-state index contributed by atoms with van der Waals surface area (Å²) in [5, 5.41) is 68.8. The van der Waals surface area contributed by atoms with E-state index in [0.717, 1.165) is 80.8 Å². The molecule has 1 aliphatic rings. The van der Waals surface area contributed by atoms with Gasteiger partial charge in [0, 0.05) is 48.4 Å². The van der Waals surface area contributed by atoms with E-state index in [1.165, 1.54) is 0 Å². The first-order valence-corrected chi connectivity index (χ1v) is 15.0. The minimum absolute atomic E-state index is 0.218. The fraction of sp³-hybridized carbons (Fsp3) is 0.613. The maximum Gasteiger partial charge on any atom is 0.128 e. The van der Waals surface area contributed by atoms with Gasteiger partial charge in [-0.2, -0.15) is 0 Å². The number of phenolic OH excluding ortho intramolecular Hbond substituents is 2. The molecule has 11 nitrogen and oxygen atoms in total. The molecule has 2 aromatic rings. The normalized spacial score (nSPS) is 17.9. The predicted molar refractivity (Wildman–Crippen MR) is 163 cm³/mol. The van der Waals surface area contributed by atoms with Crippen molar-refractivity contribution in [3.63, 3.8) is 0 Å². The largest absolute Gasteiger partial charge is 0.507 e. The molecule has 0 aromatic heterocycles. The number of benzene rings is 2. The molecule has 0 bridgehead atoms. The lowest BCUT2D eigenvalue weighted by atomic mass is 10.0. The molecule has 1 saturated heterocycles. The Balaban J connectivity index is 1.68. The highest BCUT2D eigenvalue weighted by Crippen LogP contribution is 2.28. The van der Waals surface area contributed by atoms with Crippen molar-refractivity contribution in [3.8, 4) is 11.5 Å². The summed E-state index contributed by atoms with van der Waals surface area (Å²) < 4.78 is 0. The van der Waals surface area contributed by atoms with E-state index in [-0.39, 0.29) is 24.6 Å². The molecule has 0 spiro atoms. The van der Waals surface area contributed by atoms with E-state index in [0.29, 0.717) is 24.2 Å². The number of aryl methyl sites for hydroxylation is 2. The predicted octanol–water partition coefficient (Wildman–Crippen LogP) is 0.593. The summed E-state index contributed by atoms with van der Waals surface area (Å²) in [5.41, 5.74) is 5.13. The zero-order valence-corrected chi connectivity index (χ0v) is 25.1. The van der Waals surface area contributed by atoms with Crippen LogP contribution in [0, 0.1) is 13.8 Å². The lowest BCUT2D eigenvalue weighted by Crippen LogP contribution is -2.34. The monoisotopic (exact) mass is 589 g/mol. The Morgan fingerprint density at radius 3 is 1.45 bits per heavy atom. The van der Waals surface area contributed by atoms with Crippen LogP contribution >= 0.6 is 0 Å². The number of nitrogens with one attached hydrogen (secondary N) is 3. The van der Waals surface area contributed by atoms with E-state index < -0.39 is 25.7 Å². The SMILES string of the molecule is Cc1cc(CNC(O)CO)c(O)c(CN2CCCNCCCN(Cc3cc(C)cc(CNC(O)CO)c3O)CCC2)c1. The number of aromatic hydroxyl groups is 2. The average molecular weight is 590 g/mol. The topological polar surface area (TPSA) is 164 Å². The molecule has 0 radical (unpaired) electrons. The Bertz CT molecular complexity index is 1020. The number of hydrogen-bond donors (Lipinski definition) is 9. The van der Waals surface area contributed by atoms with Crippen molar-refractivity contribution >= 4 is 0 Å². The Morgan fingerprint density at radius 2 is 1.05 bits per heavy atom. The van der Waals surface area contributed by atoms with Gasteiger partial charge in [-0.05, 0) is 72.4 Å². The minimum atomic E-state index is -1.04. The van der Waals surface area contributed by atoms with Gasteiger partial charge in [0.15, 0.2) is 0 Å². The summed E-state index contributed by atoms with van der Waals surface area (Å²) in [5.74, 6) is 0.437. The summed E-state index contributed by atoms with van der Waals surface area (Å²) in [4.78, 5) is 4.74.